The molecule has 0 amide bonds. The van der Waals surface area contributed by atoms with Crippen LogP contribution in [-0.2, 0) is 6.61 Å². The van der Waals surface area contributed by atoms with E-state index < -0.39 is 17.5 Å². The highest BCUT2D eigenvalue weighted by Crippen LogP contribution is 2.30. The first kappa shape index (κ1) is 18.7. The Hall–Kier alpha value is -3.05. The van der Waals surface area contributed by atoms with E-state index in [4.69, 9.17) is 9.84 Å². The van der Waals surface area contributed by atoms with Gasteiger partial charge in [-0.2, -0.15) is 4.39 Å². The Morgan fingerprint density at radius 2 is 1.63 bits per heavy atom. The van der Waals surface area contributed by atoms with Gasteiger partial charge in [0, 0.05) is 11.1 Å². The molecule has 0 radical (unpaired) electrons. The second kappa shape index (κ2) is 8.10. The van der Waals surface area contributed by atoms with E-state index in [1.165, 1.54) is 25.3 Å². The highest BCUT2D eigenvalue weighted by Gasteiger charge is 2.14. The maximum Gasteiger partial charge on any atom is 0.201 e. The van der Waals surface area contributed by atoms with Crippen molar-refractivity contribution < 1.29 is 23.0 Å². The molecule has 138 valence electrons. The van der Waals surface area contributed by atoms with Crippen LogP contribution < -0.4 is 4.74 Å². The molecule has 0 spiro atoms. The number of hydrogen-bond acceptors (Lipinski definition) is 2. The molecule has 0 aromatic heterocycles. The van der Waals surface area contributed by atoms with E-state index in [1.54, 1.807) is 48.6 Å². The van der Waals surface area contributed by atoms with E-state index >= 15 is 0 Å². The standard InChI is InChI=1S/C22H17F3O2/c1-27-20-11-10-18(21(24)22(20)25)16-6-2-14(3-7-16)4-8-17-9-5-15(13-26)12-19(17)23/h2-12,26H,13H2,1H3/b8-4+. The fourth-order valence-corrected chi connectivity index (χ4v) is 2.68. The molecule has 0 aliphatic carbocycles. The maximum atomic E-state index is 14.2. The molecule has 0 fully saturated rings. The van der Waals surface area contributed by atoms with E-state index in [2.05, 4.69) is 0 Å². The van der Waals surface area contributed by atoms with Gasteiger partial charge in [-0.25, -0.2) is 8.78 Å². The number of aliphatic hydroxyl groups excluding tert-OH is 1. The zero-order valence-corrected chi connectivity index (χ0v) is 14.5. The van der Waals surface area contributed by atoms with E-state index in [0.29, 0.717) is 16.7 Å². The van der Waals surface area contributed by atoms with Gasteiger partial charge in [-0.15, -0.1) is 0 Å². The Morgan fingerprint density at radius 1 is 0.889 bits per heavy atom. The zero-order chi connectivity index (χ0) is 19.4. The van der Waals surface area contributed by atoms with Gasteiger partial charge in [0.25, 0.3) is 0 Å². The number of rotatable bonds is 5. The summed E-state index contributed by atoms with van der Waals surface area (Å²) in [6.07, 6.45) is 3.32. The van der Waals surface area contributed by atoms with Crippen LogP contribution in [0.15, 0.2) is 54.6 Å². The molecule has 0 heterocycles. The Morgan fingerprint density at radius 3 is 2.26 bits per heavy atom. The summed E-state index contributed by atoms with van der Waals surface area (Å²) in [5.41, 5.74) is 2.32. The Balaban J connectivity index is 1.83. The molecular formula is C22H17F3O2. The Bertz CT molecular complexity index is 980. The van der Waals surface area contributed by atoms with Crippen molar-refractivity contribution in [1.29, 1.82) is 0 Å². The number of aliphatic hydroxyl groups is 1. The topological polar surface area (TPSA) is 29.5 Å². The molecule has 3 aromatic carbocycles. The third-order valence-corrected chi connectivity index (χ3v) is 4.19. The van der Waals surface area contributed by atoms with Crippen molar-refractivity contribution in [1.82, 2.24) is 0 Å². The molecule has 0 saturated heterocycles. The molecule has 3 aromatic rings. The summed E-state index contributed by atoms with van der Waals surface area (Å²) in [6, 6.07) is 14.1. The number of hydrogen-bond donors (Lipinski definition) is 1. The zero-order valence-electron chi connectivity index (χ0n) is 14.5. The first-order chi connectivity index (χ1) is 13.0. The second-order valence-electron chi connectivity index (χ2n) is 5.91. The minimum Gasteiger partial charge on any atom is -0.494 e. The van der Waals surface area contributed by atoms with Crippen LogP contribution in [0.25, 0.3) is 23.3 Å². The summed E-state index contributed by atoms with van der Waals surface area (Å²) in [7, 11) is 1.28. The van der Waals surface area contributed by atoms with Gasteiger partial charge in [-0.05, 0) is 34.9 Å². The fourth-order valence-electron chi connectivity index (χ4n) is 2.68. The molecule has 5 heteroatoms. The summed E-state index contributed by atoms with van der Waals surface area (Å²) in [4.78, 5) is 0. The van der Waals surface area contributed by atoms with Crippen LogP contribution >= 0.6 is 0 Å². The first-order valence-electron chi connectivity index (χ1n) is 8.23. The Kier molecular flexibility index (Phi) is 5.62. The normalized spacial score (nSPS) is 11.1. The minimum atomic E-state index is -1.03. The molecule has 0 unspecified atom stereocenters. The van der Waals surface area contributed by atoms with Crippen molar-refractivity contribution in [3.05, 3.63) is 88.7 Å². The average molecular weight is 370 g/mol. The van der Waals surface area contributed by atoms with Crippen LogP contribution in [0.2, 0.25) is 0 Å². The minimum absolute atomic E-state index is 0.134. The van der Waals surface area contributed by atoms with Crippen molar-refractivity contribution in [2.45, 2.75) is 6.61 Å². The van der Waals surface area contributed by atoms with Crippen molar-refractivity contribution >= 4 is 12.2 Å². The van der Waals surface area contributed by atoms with Crippen LogP contribution in [-0.4, -0.2) is 12.2 Å². The van der Waals surface area contributed by atoms with Crippen molar-refractivity contribution in [2.24, 2.45) is 0 Å². The molecule has 3 rings (SSSR count). The highest BCUT2D eigenvalue weighted by atomic mass is 19.2. The largest absolute Gasteiger partial charge is 0.494 e. The third kappa shape index (κ3) is 4.04. The van der Waals surface area contributed by atoms with Crippen molar-refractivity contribution in [3.8, 4) is 16.9 Å². The van der Waals surface area contributed by atoms with Gasteiger partial charge in [0.1, 0.15) is 5.82 Å². The summed E-state index contributed by atoms with van der Waals surface area (Å²) in [6.45, 7) is -0.217. The number of ether oxygens (including phenoxy) is 1. The van der Waals surface area contributed by atoms with E-state index in [1.807, 2.05) is 0 Å². The van der Waals surface area contributed by atoms with Crippen LogP contribution in [0.3, 0.4) is 0 Å². The summed E-state index contributed by atoms with van der Waals surface area (Å²) in [5, 5.41) is 9.00. The van der Waals surface area contributed by atoms with Gasteiger partial charge in [0.15, 0.2) is 11.6 Å². The monoisotopic (exact) mass is 370 g/mol. The molecule has 27 heavy (non-hydrogen) atoms. The smallest absolute Gasteiger partial charge is 0.201 e. The second-order valence-corrected chi connectivity index (χ2v) is 5.91. The van der Waals surface area contributed by atoms with Crippen LogP contribution in [0.1, 0.15) is 16.7 Å². The molecule has 2 nitrogen and oxygen atoms in total. The molecule has 1 N–H and O–H groups in total. The quantitative estimate of drug-likeness (QED) is 0.606. The molecule has 0 aliphatic rings. The number of halogens is 3. The lowest BCUT2D eigenvalue weighted by Gasteiger charge is -2.08. The van der Waals surface area contributed by atoms with Gasteiger partial charge in [-0.1, -0.05) is 48.6 Å². The molecule has 0 aliphatic heterocycles. The fraction of sp³-hybridized carbons (Fsp3) is 0.0909. The van der Waals surface area contributed by atoms with Crippen LogP contribution in [0, 0.1) is 17.5 Å². The first-order valence-corrected chi connectivity index (χ1v) is 8.23. The predicted octanol–water partition coefficient (Wildman–Crippen LogP) is 5.44. The van der Waals surface area contributed by atoms with E-state index in [-0.39, 0.29) is 17.9 Å². The average Bonchev–Trinajstić information content (AvgIpc) is 2.69. The molecular weight excluding hydrogens is 353 g/mol. The van der Waals surface area contributed by atoms with E-state index in [9.17, 15) is 13.2 Å². The third-order valence-electron chi connectivity index (χ3n) is 4.19. The van der Waals surface area contributed by atoms with Gasteiger partial charge in [0.05, 0.1) is 13.7 Å². The van der Waals surface area contributed by atoms with Gasteiger partial charge in [0.2, 0.25) is 5.82 Å². The maximum absolute atomic E-state index is 14.2. The lowest BCUT2D eigenvalue weighted by molar-refractivity contribution is 0.281. The SMILES string of the molecule is COc1ccc(-c2ccc(/C=C/c3ccc(CO)cc3F)cc2)c(F)c1F. The Labute approximate surface area is 155 Å². The number of benzene rings is 3. The number of methoxy groups -OCH3 is 1. The summed E-state index contributed by atoms with van der Waals surface area (Å²) in [5.74, 6) is -2.57. The van der Waals surface area contributed by atoms with Crippen LogP contribution in [0.4, 0.5) is 13.2 Å². The molecule has 0 saturated carbocycles. The molecule has 0 atom stereocenters. The van der Waals surface area contributed by atoms with Crippen molar-refractivity contribution in [2.75, 3.05) is 7.11 Å². The van der Waals surface area contributed by atoms with Crippen LogP contribution in [0.5, 0.6) is 5.75 Å². The summed E-state index contributed by atoms with van der Waals surface area (Å²) < 4.78 is 46.7. The van der Waals surface area contributed by atoms with Gasteiger partial charge in [-0.3, -0.25) is 0 Å². The summed E-state index contributed by atoms with van der Waals surface area (Å²) >= 11 is 0. The van der Waals surface area contributed by atoms with Gasteiger partial charge < -0.3 is 9.84 Å². The van der Waals surface area contributed by atoms with E-state index in [0.717, 1.165) is 5.56 Å². The van der Waals surface area contributed by atoms with Gasteiger partial charge >= 0.3 is 0 Å². The van der Waals surface area contributed by atoms with Crippen molar-refractivity contribution in [3.63, 3.8) is 0 Å². The lowest BCUT2D eigenvalue weighted by Crippen LogP contribution is -1.94. The highest BCUT2D eigenvalue weighted by molar-refractivity contribution is 5.72. The predicted molar refractivity (Wildman–Crippen MR) is 99.6 cm³/mol. The molecule has 0 bridgehead atoms. The lowest BCUT2D eigenvalue weighted by atomic mass is 10.0.